The van der Waals surface area contributed by atoms with Crippen LogP contribution in [0.3, 0.4) is 0 Å². The van der Waals surface area contributed by atoms with Gasteiger partial charge in [0.1, 0.15) is 0 Å². The highest BCUT2D eigenvalue weighted by atomic mass is 16.5. The van der Waals surface area contributed by atoms with Crippen molar-refractivity contribution < 1.29 is 4.74 Å². The molecule has 1 nitrogen and oxygen atoms in total. The Bertz CT molecular complexity index is 705. The van der Waals surface area contributed by atoms with Crippen LogP contribution in [0.1, 0.15) is 81.8 Å². The molecular weight excluding hydrogens is 352 g/mol. The van der Waals surface area contributed by atoms with Crippen LogP contribution in [0.4, 0.5) is 0 Å². The van der Waals surface area contributed by atoms with Gasteiger partial charge < -0.3 is 4.74 Å². The highest BCUT2D eigenvalue weighted by Gasteiger charge is 2.21. The smallest absolute Gasteiger partial charge is 0.0716 e. The molecule has 2 aromatic carbocycles. The Morgan fingerprint density at radius 3 is 2.17 bits per heavy atom. The third-order valence-corrected chi connectivity index (χ3v) is 6.46. The van der Waals surface area contributed by atoms with Gasteiger partial charge in [-0.3, -0.25) is 0 Å². The number of hydrogen-bond donors (Lipinski definition) is 0. The normalized spacial score (nSPS) is 19.2. The minimum Gasteiger partial charge on any atom is -0.377 e. The summed E-state index contributed by atoms with van der Waals surface area (Å²) in [6.45, 7) is 7.67. The van der Waals surface area contributed by atoms with Crippen LogP contribution in [0.2, 0.25) is 0 Å². The highest BCUT2D eigenvalue weighted by molar-refractivity contribution is 5.64. The van der Waals surface area contributed by atoms with Gasteiger partial charge in [-0.1, -0.05) is 74.4 Å². The highest BCUT2D eigenvalue weighted by Crippen LogP contribution is 2.38. The Labute approximate surface area is 178 Å². The van der Waals surface area contributed by atoms with Gasteiger partial charge in [-0.25, -0.2) is 0 Å². The van der Waals surface area contributed by atoms with E-state index in [0.717, 1.165) is 31.5 Å². The van der Waals surface area contributed by atoms with Crippen LogP contribution < -0.4 is 0 Å². The van der Waals surface area contributed by atoms with Gasteiger partial charge in [0.15, 0.2) is 0 Å². The Hall–Kier alpha value is -1.86. The lowest BCUT2D eigenvalue weighted by Gasteiger charge is -2.28. The second kappa shape index (κ2) is 12.0. The van der Waals surface area contributed by atoms with Crippen LogP contribution in [0.5, 0.6) is 0 Å². The first-order valence-electron chi connectivity index (χ1n) is 11.7. The van der Waals surface area contributed by atoms with Crippen LogP contribution in [0, 0.1) is 5.92 Å². The topological polar surface area (TPSA) is 9.23 Å². The van der Waals surface area contributed by atoms with Crippen molar-refractivity contribution in [2.45, 2.75) is 77.2 Å². The van der Waals surface area contributed by atoms with Gasteiger partial charge in [0.2, 0.25) is 0 Å². The number of benzene rings is 2. The van der Waals surface area contributed by atoms with Crippen LogP contribution in [-0.4, -0.2) is 6.61 Å². The largest absolute Gasteiger partial charge is 0.377 e. The van der Waals surface area contributed by atoms with Crippen LogP contribution in [0.15, 0.2) is 61.2 Å². The molecule has 0 aliphatic heterocycles. The second-order valence-corrected chi connectivity index (χ2v) is 8.66. The molecule has 0 unspecified atom stereocenters. The monoisotopic (exact) mass is 390 g/mol. The molecule has 0 atom stereocenters. The molecule has 1 aliphatic carbocycles. The Balaban J connectivity index is 1.49. The molecule has 1 fully saturated rings. The summed E-state index contributed by atoms with van der Waals surface area (Å²) in [7, 11) is 0. The van der Waals surface area contributed by atoms with E-state index in [1.807, 2.05) is 0 Å². The third kappa shape index (κ3) is 6.85. The maximum absolute atomic E-state index is 5.77. The van der Waals surface area contributed by atoms with Crippen LogP contribution in [0.25, 0.3) is 11.1 Å². The van der Waals surface area contributed by atoms with E-state index in [2.05, 4.69) is 68.1 Å². The number of ether oxygens (including phenoxy) is 1. The van der Waals surface area contributed by atoms with E-state index >= 15 is 0 Å². The van der Waals surface area contributed by atoms with Crippen molar-refractivity contribution in [1.29, 1.82) is 0 Å². The van der Waals surface area contributed by atoms with Gasteiger partial charge >= 0.3 is 0 Å². The third-order valence-electron chi connectivity index (χ3n) is 6.46. The minimum atomic E-state index is 0.721. The molecule has 156 valence electrons. The fraction of sp³-hybridized carbons (Fsp3) is 0.500. The molecule has 0 heterocycles. The van der Waals surface area contributed by atoms with Gasteiger partial charge in [-0.05, 0) is 79.0 Å². The summed E-state index contributed by atoms with van der Waals surface area (Å²) >= 11 is 0. The molecule has 0 radical (unpaired) electrons. The average molecular weight is 391 g/mol. The molecular formula is C28H38O. The van der Waals surface area contributed by atoms with Crippen molar-refractivity contribution in [3.63, 3.8) is 0 Å². The van der Waals surface area contributed by atoms with Crippen LogP contribution >= 0.6 is 0 Å². The first kappa shape index (κ1) is 21.8. The van der Waals surface area contributed by atoms with Gasteiger partial charge in [-0.2, -0.15) is 0 Å². The van der Waals surface area contributed by atoms with Crippen molar-refractivity contribution in [2.75, 3.05) is 6.61 Å². The fourth-order valence-electron chi connectivity index (χ4n) is 4.52. The summed E-state index contributed by atoms with van der Waals surface area (Å²) in [5.41, 5.74) is 5.38. The quantitative estimate of drug-likeness (QED) is 0.277. The lowest BCUT2D eigenvalue weighted by atomic mass is 9.77. The predicted octanol–water partition coefficient (Wildman–Crippen LogP) is 8.30. The number of unbranched alkanes of at least 4 members (excludes halogenated alkanes) is 2. The number of hydrogen-bond acceptors (Lipinski definition) is 1. The molecule has 0 aromatic heterocycles. The maximum atomic E-state index is 5.77. The maximum Gasteiger partial charge on any atom is 0.0716 e. The molecule has 0 N–H and O–H groups in total. The van der Waals surface area contributed by atoms with Crippen molar-refractivity contribution in [1.82, 2.24) is 0 Å². The SMILES string of the molecule is C=CCC[C@H]1CC[C@H](c2ccc(-c3ccc(COCCCCC)cc3)cc2)CC1. The van der Waals surface area contributed by atoms with E-state index in [0.29, 0.717) is 0 Å². The fourth-order valence-corrected chi connectivity index (χ4v) is 4.52. The van der Waals surface area contributed by atoms with E-state index in [9.17, 15) is 0 Å². The summed E-state index contributed by atoms with van der Waals surface area (Å²) in [6, 6.07) is 18.2. The molecule has 1 aliphatic rings. The van der Waals surface area contributed by atoms with Gasteiger partial charge in [-0.15, -0.1) is 6.58 Å². The average Bonchev–Trinajstić information content (AvgIpc) is 2.78. The molecule has 0 bridgehead atoms. The van der Waals surface area contributed by atoms with Crippen molar-refractivity contribution in [3.8, 4) is 11.1 Å². The summed E-state index contributed by atoms with van der Waals surface area (Å²) in [5.74, 6) is 1.66. The van der Waals surface area contributed by atoms with Crippen molar-refractivity contribution in [3.05, 3.63) is 72.3 Å². The predicted molar refractivity (Wildman–Crippen MR) is 125 cm³/mol. The number of rotatable bonds is 11. The Morgan fingerprint density at radius 1 is 0.897 bits per heavy atom. The summed E-state index contributed by atoms with van der Waals surface area (Å²) in [5, 5.41) is 0. The zero-order valence-electron chi connectivity index (χ0n) is 18.2. The zero-order valence-corrected chi connectivity index (χ0v) is 18.2. The van der Waals surface area contributed by atoms with E-state index in [1.165, 1.54) is 73.6 Å². The summed E-state index contributed by atoms with van der Waals surface area (Å²) < 4.78 is 5.77. The molecule has 29 heavy (non-hydrogen) atoms. The van der Waals surface area contributed by atoms with E-state index in [1.54, 1.807) is 0 Å². The van der Waals surface area contributed by atoms with Gasteiger partial charge in [0.05, 0.1) is 6.61 Å². The van der Waals surface area contributed by atoms with Gasteiger partial charge in [0.25, 0.3) is 0 Å². The molecule has 0 amide bonds. The second-order valence-electron chi connectivity index (χ2n) is 8.66. The first-order valence-corrected chi connectivity index (χ1v) is 11.7. The molecule has 3 rings (SSSR count). The molecule has 0 spiro atoms. The summed E-state index contributed by atoms with van der Waals surface area (Å²) in [6.07, 6.45) is 13.7. The van der Waals surface area contributed by atoms with E-state index in [4.69, 9.17) is 4.74 Å². The van der Waals surface area contributed by atoms with Crippen molar-refractivity contribution in [2.24, 2.45) is 5.92 Å². The first-order chi connectivity index (χ1) is 14.3. The lowest BCUT2D eigenvalue weighted by Crippen LogP contribution is -2.13. The molecule has 1 heteroatoms. The molecule has 0 saturated heterocycles. The zero-order chi connectivity index (χ0) is 20.3. The Morgan fingerprint density at radius 2 is 1.55 bits per heavy atom. The van der Waals surface area contributed by atoms with E-state index in [-0.39, 0.29) is 0 Å². The lowest BCUT2D eigenvalue weighted by molar-refractivity contribution is 0.117. The minimum absolute atomic E-state index is 0.721. The molecule has 2 aromatic rings. The van der Waals surface area contributed by atoms with Crippen molar-refractivity contribution >= 4 is 0 Å². The molecule has 1 saturated carbocycles. The Kier molecular flexibility index (Phi) is 9.02. The number of allylic oxidation sites excluding steroid dienone is 1. The summed E-state index contributed by atoms with van der Waals surface area (Å²) in [4.78, 5) is 0. The van der Waals surface area contributed by atoms with Crippen LogP contribution in [-0.2, 0) is 11.3 Å². The van der Waals surface area contributed by atoms with E-state index < -0.39 is 0 Å². The standard InChI is InChI=1S/C28H38O/c1-3-5-7-21-29-22-24-11-15-26(16-12-24)28-19-17-27(18-20-28)25-13-9-23(10-14-25)8-6-4-2/h4,11-12,15-20,23,25H,2-3,5-10,13-14,21-22H2,1H3/t23-,25-. The van der Waals surface area contributed by atoms with Gasteiger partial charge in [0, 0.05) is 6.61 Å².